The summed E-state index contributed by atoms with van der Waals surface area (Å²) in [4.78, 5) is 11.2. The van der Waals surface area contributed by atoms with E-state index in [1.807, 2.05) is 0 Å². The predicted octanol–water partition coefficient (Wildman–Crippen LogP) is 1.74. The number of hydrogen-bond donors (Lipinski definition) is 2. The highest BCUT2D eigenvalue weighted by molar-refractivity contribution is 5.67. The molecule has 96 valence electrons. The van der Waals surface area contributed by atoms with Crippen molar-refractivity contribution in [1.82, 2.24) is 5.32 Å². The highest BCUT2D eigenvalue weighted by atomic mass is 19.3. The first kappa shape index (κ1) is 15.1. The Balaban J connectivity index is 4.09. The minimum Gasteiger partial charge on any atom is -0.444 e. The second kappa shape index (κ2) is 5.43. The summed E-state index contributed by atoms with van der Waals surface area (Å²) in [6.07, 6.45) is -0.713. The van der Waals surface area contributed by atoms with Crippen LogP contribution >= 0.6 is 0 Å². The fraction of sp³-hybridized carbons (Fsp3) is 0.900. The molecule has 0 aromatic rings. The third-order valence-corrected chi connectivity index (χ3v) is 1.89. The summed E-state index contributed by atoms with van der Waals surface area (Å²) < 4.78 is 30.7. The molecule has 1 unspecified atom stereocenters. The molecule has 0 aliphatic heterocycles. The minimum atomic E-state index is -2.91. The fourth-order valence-corrected chi connectivity index (χ4v) is 0.990. The fourth-order valence-electron chi connectivity index (χ4n) is 0.990. The van der Waals surface area contributed by atoms with E-state index >= 15 is 0 Å². The van der Waals surface area contributed by atoms with Gasteiger partial charge in [0.15, 0.2) is 0 Å². The van der Waals surface area contributed by atoms with Gasteiger partial charge in [-0.2, -0.15) is 0 Å². The highest BCUT2D eigenvalue weighted by Crippen LogP contribution is 2.22. The molecule has 1 amide bonds. The first-order valence-corrected chi connectivity index (χ1v) is 5.11. The van der Waals surface area contributed by atoms with Gasteiger partial charge in [-0.15, -0.1) is 0 Å². The van der Waals surface area contributed by atoms with E-state index in [2.05, 4.69) is 5.32 Å². The molecule has 0 aliphatic carbocycles. The lowest BCUT2D eigenvalue weighted by molar-refractivity contribution is -0.0357. The maximum Gasteiger partial charge on any atom is 0.407 e. The van der Waals surface area contributed by atoms with Crippen molar-refractivity contribution in [3.63, 3.8) is 0 Å². The largest absolute Gasteiger partial charge is 0.444 e. The van der Waals surface area contributed by atoms with E-state index in [4.69, 9.17) is 10.5 Å². The summed E-state index contributed by atoms with van der Waals surface area (Å²) >= 11 is 0. The van der Waals surface area contributed by atoms with Gasteiger partial charge in [0.25, 0.3) is 5.92 Å². The van der Waals surface area contributed by atoms with Crippen LogP contribution in [0.4, 0.5) is 13.6 Å². The number of carbonyl (C=O) groups excluding carboxylic acids is 1. The van der Waals surface area contributed by atoms with Gasteiger partial charge >= 0.3 is 6.09 Å². The van der Waals surface area contributed by atoms with Crippen molar-refractivity contribution in [3.05, 3.63) is 0 Å². The van der Waals surface area contributed by atoms with Crippen molar-refractivity contribution in [3.8, 4) is 0 Å². The summed E-state index contributed by atoms with van der Waals surface area (Å²) in [5.74, 6) is -4.00. The summed E-state index contributed by atoms with van der Waals surface area (Å²) in [7, 11) is 0. The Kier molecular flexibility index (Phi) is 5.12. The number of nitrogens with one attached hydrogen (secondary N) is 1. The summed E-state index contributed by atoms with van der Waals surface area (Å²) in [6, 6.07) is 0. The van der Waals surface area contributed by atoms with Crippen LogP contribution in [0.5, 0.6) is 0 Å². The quantitative estimate of drug-likeness (QED) is 0.784. The van der Waals surface area contributed by atoms with E-state index in [-0.39, 0.29) is 13.1 Å². The summed E-state index contributed by atoms with van der Waals surface area (Å²) in [6.45, 7) is 5.47. The Labute approximate surface area is 94.5 Å². The van der Waals surface area contributed by atoms with Crippen molar-refractivity contribution < 1.29 is 18.3 Å². The minimum absolute atomic E-state index is 0.195. The van der Waals surface area contributed by atoms with Gasteiger partial charge in [-0.1, -0.05) is 0 Å². The van der Waals surface area contributed by atoms with Gasteiger partial charge < -0.3 is 15.8 Å². The van der Waals surface area contributed by atoms with Gasteiger partial charge in [0.2, 0.25) is 0 Å². The van der Waals surface area contributed by atoms with Crippen LogP contribution in [0.2, 0.25) is 0 Å². The normalized spacial score (nSPS) is 14.4. The lowest BCUT2D eigenvalue weighted by Gasteiger charge is -2.24. The first-order valence-electron chi connectivity index (χ1n) is 5.11. The van der Waals surface area contributed by atoms with E-state index in [1.54, 1.807) is 20.8 Å². The smallest absolute Gasteiger partial charge is 0.407 e. The van der Waals surface area contributed by atoms with E-state index in [0.29, 0.717) is 0 Å². The molecule has 6 heteroatoms. The second-order valence-electron chi connectivity index (χ2n) is 4.77. The maximum absolute atomic E-state index is 12.9. The average molecular weight is 238 g/mol. The molecule has 0 spiro atoms. The molecule has 3 N–H and O–H groups in total. The highest BCUT2D eigenvalue weighted by Gasteiger charge is 2.33. The Bertz CT molecular complexity index is 234. The zero-order valence-corrected chi connectivity index (χ0v) is 10.1. The molecule has 0 heterocycles. The third-order valence-electron chi connectivity index (χ3n) is 1.89. The van der Waals surface area contributed by atoms with Gasteiger partial charge in [-0.3, -0.25) is 0 Å². The van der Waals surface area contributed by atoms with Crippen LogP contribution in [-0.2, 0) is 4.74 Å². The van der Waals surface area contributed by atoms with Crippen molar-refractivity contribution >= 4 is 6.09 Å². The van der Waals surface area contributed by atoms with Gasteiger partial charge in [0.1, 0.15) is 5.60 Å². The molecular formula is C10H20F2N2O2. The van der Waals surface area contributed by atoms with Crippen molar-refractivity contribution in [2.24, 2.45) is 11.7 Å². The third kappa shape index (κ3) is 6.55. The Hall–Kier alpha value is -0.910. The molecule has 0 saturated heterocycles. The summed E-state index contributed by atoms with van der Waals surface area (Å²) in [5.41, 5.74) is 4.56. The molecule has 0 rings (SSSR count). The molecule has 0 fully saturated rings. The van der Waals surface area contributed by atoms with Crippen LogP contribution in [-0.4, -0.2) is 30.7 Å². The predicted molar refractivity (Wildman–Crippen MR) is 57.4 cm³/mol. The lowest BCUT2D eigenvalue weighted by atomic mass is 10.0. The van der Waals surface area contributed by atoms with Gasteiger partial charge in [-0.05, 0) is 27.7 Å². The number of nitrogens with two attached hydrogens (primary N) is 1. The lowest BCUT2D eigenvalue weighted by Crippen LogP contribution is -2.42. The van der Waals surface area contributed by atoms with E-state index in [1.165, 1.54) is 0 Å². The van der Waals surface area contributed by atoms with E-state index in [9.17, 15) is 13.6 Å². The number of carbonyl (C=O) groups is 1. The first-order chi connectivity index (χ1) is 7.06. The molecule has 0 aromatic carbocycles. The molecular weight excluding hydrogens is 218 g/mol. The molecule has 0 bridgehead atoms. The van der Waals surface area contributed by atoms with Crippen LogP contribution in [0.25, 0.3) is 0 Å². The Morgan fingerprint density at radius 1 is 1.38 bits per heavy atom. The van der Waals surface area contributed by atoms with Crippen molar-refractivity contribution in [2.45, 2.75) is 39.2 Å². The summed E-state index contributed by atoms with van der Waals surface area (Å²) in [5, 5.41) is 2.28. The average Bonchev–Trinajstić information content (AvgIpc) is 1.98. The number of rotatable bonds is 4. The molecule has 0 saturated carbocycles. The second-order valence-corrected chi connectivity index (χ2v) is 4.77. The number of alkyl halides is 2. The molecule has 1 atom stereocenters. The van der Waals surface area contributed by atoms with Crippen molar-refractivity contribution in [1.29, 1.82) is 0 Å². The zero-order chi connectivity index (χ0) is 13.0. The zero-order valence-electron chi connectivity index (χ0n) is 10.1. The van der Waals surface area contributed by atoms with Gasteiger partial charge in [0.05, 0.1) is 5.92 Å². The Morgan fingerprint density at radius 2 is 1.88 bits per heavy atom. The van der Waals surface area contributed by atoms with Crippen molar-refractivity contribution in [2.75, 3.05) is 13.1 Å². The standard InChI is InChI=1S/C10H20F2N2O2/c1-9(2,3)16-8(15)14-6-7(5-13)10(4,11)12/h7H,5-6,13H2,1-4H3,(H,14,15). The van der Waals surface area contributed by atoms with Crippen LogP contribution < -0.4 is 11.1 Å². The molecule has 16 heavy (non-hydrogen) atoms. The molecule has 0 radical (unpaired) electrons. The molecule has 0 aromatic heterocycles. The van der Waals surface area contributed by atoms with Crippen LogP contribution in [0.3, 0.4) is 0 Å². The van der Waals surface area contributed by atoms with Crippen LogP contribution in [0.15, 0.2) is 0 Å². The van der Waals surface area contributed by atoms with E-state index < -0.39 is 23.5 Å². The topological polar surface area (TPSA) is 64.3 Å². The van der Waals surface area contributed by atoms with Crippen LogP contribution in [0, 0.1) is 5.92 Å². The monoisotopic (exact) mass is 238 g/mol. The number of ether oxygens (including phenoxy) is 1. The number of hydrogen-bond acceptors (Lipinski definition) is 3. The number of alkyl carbamates (subject to hydrolysis) is 1. The van der Waals surface area contributed by atoms with Gasteiger partial charge in [-0.25, -0.2) is 13.6 Å². The van der Waals surface area contributed by atoms with Crippen LogP contribution in [0.1, 0.15) is 27.7 Å². The molecule has 0 aliphatic rings. The maximum atomic E-state index is 12.9. The molecule has 4 nitrogen and oxygen atoms in total. The van der Waals surface area contributed by atoms with Gasteiger partial charge in [0, 0.05) is 13.1 Å². The number of halogens is 2. The number of amides is 1. The van der Waals surface area contributed by atoms with E-state index in [0.717, 1.165) is 6.92 Å². The SMILES string of the molecule is CC(C)(C)OC(=O)NCC(CN)C(C)(F)F. The Morgan fingerprint density at radius 3 is 2.19 bits per heavy atom.